The fourth-order valence-corrected chi connectivity index (χ4v) is 3.53. The van der Waals surface area contributed by atoms with E-state index in [0.29, 0.717) is 12.2 Å². The van der Waals surface area contributed by atoms with Crippen molar-refractivity contribution < 1.29 is 4.74 Å². The molecule has 3 nitrogen and oxygen atoms in total. The zero-order valence-corrected chi connectivity index (χ0v) is 17.3. The molecular formula is C27H26N2O. The Morgan fingerprint density at radius 1 is 0.967 bits per heavy atom. The highest BCUT2D eigenvalue weighted by Crippen LogP contribution is 2.33. The van der Waals surface area contributed by atoms with Gasteiger partial charge in [0, 0.05) is 5.56 Å². The summed E-state index contributed by atoms with van der Waals surface area (Å²) in [5.74, 6) is 0.899. The van der Waals surface area contributed by atoms with Crippen LogP contribution in [0.1, 0.15) is 39.8 Å². The molecule has 3 aromatic carbocycles. The van der Waals surface area contributed by atoms with Crippen molar-refractivity contribution in [2.24, 2.45) is 0 Å². The Balaban J connectivity index is 0.000000489. The van der Waals surface area contributed by atoms with Gasteiger partial charge in [-0.25, -0.2) is 0 Å². The van der Waals surface area contributed by atoms with Gasteiger partial charge in [0.15, 0.2) is 0 Å². The van der Waals surface area contributed by atoms with Crippen molar-refractivity contribution in [3.63, 3.8) is 0 Å². The van der Waals surface area contributed by atoms with Crippen LogP contribution in [0.2, 0.25) is 0 Å². The molecule has 3 heteroatoms. The smallest absolute Gasteiger partial charge is 0.127 e. The lowest BCUT2D eigenvalue weighted by molar-refractivity contribution is 0.365. The van der Waals surface area contributed by atoms with Crippen LogP contribution in [0.25, 0.3) is 11.6 Å². The summed E-state index contributed by atoms with van der Waals surface area (Å²) >= 11 is 0. The van der Waals surface area contributed by atoms with Crippen LogP contribution in [0.5, 0.6) is 5.75 Å². The molecule has 1 saturated heterocycles. The Bertz CT molecular complexity index is 1090. The number of fused-ring (bicyclic) bond motifs is 1. The van der Waals surface area contributed by atoms with Crippen molar-refractivity contribution in [2.45, 2.75) is 19.8 Å². The van der Waals surface area contributed by atoms with E-state index in [9.17, 15) is 5.26 Å². The molecule has 0 spiro atoms. The SMILES string of the molecule is C1CNC1.Cc1ccc(C2=Cc3cc(Cc4ccccc4)ccc3OC2)c(C#N)c1. The number of hydrogen-bond acceptors (Lipinski definition) is 3. The quantitative estimate of drug-likeness (QED) is 0.649. The summed E-state index contributed by atoms with van der Waals surface area (Å²) in [6.07, 6.45) is 4.43. The Hall–Kier alpha value is -3.35. The third-order valence-electron chi connectivity index (χ3n) is 5.39. The van der Waals surface area contributed by atoms with Crippen molar-refractivity contribution in [3.8, 4) is 11.8 Å². The molecule has 150 valence electrons. The minimum atomic E-state index is 0.489. The summed E-state index contributed by atoms with van der Waals surface area (Å²) < 4.78 is 5.95. The molecule has 0 unspecified atom stereocenters. The number of benzene rings is 3. The summed E-state index contributed by atoms with van der Waals surface area (Å²) in [6, 6.07) is 25.1. The average Bonchev–Trinajstić information content (AvgIpc) is 2.72. The summed E-state index contributed by atoms with van der Waals surface area (Å²) in [4.78, 5) is 0. The van der Waals surface area contributed by atoms with E-state index < -0.39 is 0 Å². The third kappa shape index (κ3) is 4.79. The second-order valence-electron chi connectivity index (χ2n) is 7.76. The number of nitrogens with one attached hydrogen (secondary N) is 1. The lowest BCUT2D eigenvalue weighted by Crippen LogP contribution is -2.29. The van der Waals surface area contributed by atoms with Crippen LogP contribution in [0.4, 0.5) is 0 Å². The van der Waals surface area contributed by atoms with Crippen molar-refractivity contribution >= 4 is 11.6 Å². The molecule has 0 atom stereocenters. The van der Waals surface area contributed by atoms with Crippen molar-refractivity contribution in [1.29, 1.82) is 5.26 Å². The minimum Gasteiger partial charge on any atom is -0.488 e. The van der Waals surface area contributed by atoms with Gasteiger partial charge in [0.1, 0.15) is 12.4 Å². The Labute approximate surface area is 178 Å². The van der Waals surface area contributed by atoms with Gasteiger partial charge in [0.2, 0.25) is 0 Å². The first kappa shape index (κ1) is 19.9. The van der Waals surface area contributed by atoms with Gasteiger partial charge in [-0.15, -0.1) is 0 Å². The first-order valence-corrected chi connectivity index (χ1v) is 10.4. The number of ether oxygens (including phenoxy) is 1. The standard InChI is InChI=1S/C24H19NO.C3H7N/c1-17-7-9-23(21(11-17)15-25)22-14-20-13-19(8-10-24(20)26-16-22)12-18-5-3-2-4-6-18;1-2-4-3-1/h2-11,13-14H,12,16H2,1H3;4H,1-3H2. The van der Waals surface area contributed by atoms with Gasteiger partial charge < -0.3 is 10.1 Å². The van der Waals surface area contributed by atoms with E-state index in [0.717, 1.165) is 34.4 Å². The molecule has 0 amide bonds. The number of rotatable bonds is 3. The number of aryl methyl sites for hydroxylation is 1. The second-order valence-corrected chi connectivity index (χ2v) is 7.76. The summed E-state index contributed by atoms with van der Waals surface area (Å²) in [5.41, 5.74) is 7.41. The lowest BCUT2D eigenvalue weighted by Gasteiger charge is -2.20. The van der Waals surface area contributed by atoms with Crippen LogP contribution in [0.3, 0.4) is 0 Å². The van der Waals surface area contributed by atoms with E-state index in [4.69, 9.17) is 4.74 Å². The molecule has 2 aliphatic rings. The second kappa shape index (κ2) is 9.43. The molecule has 0 radical (unpaired) electrons. The Morgan fingerprint density at radius 3 is 2.43 bits per heavy atom. The van der Waals surface area contributed by atoms with Gasteiger partial charge >= 0.3 is 0 Å². The maximum Gasteiger partial charge on any atom is 0.127 e. The summed E-state index contributed by atoms with van der Waals surface area (Å²) in [6.45, 7) is 4.99. The normalized spacial score (nSPS) is 14.1. The van der Waals surface area contributed by atoms with E-state index in [1.807, 2.05) is 37.3 Å². The highest BCUT2D eigenvalue weighted by atomic mass is 16.5. The van der Waals surface area contributed by atoms with Crippen LogP contribution >= 0.6 is 0 Å². The molecule has 5 rings (SSSR count). The van der Waals surface area contributed by atoms with E-state index in [1.165, 1.54) is 30.6 Å². The number of hydrogen-bond donors (Lipinski definition) is 1. The molecular weight excluding hydrogens is 368 g/mol. The van der Waals surface area contributed by atoms with Gasteiger partial charge in [-0.1, -0.05) is 48.5 Å². The molecule has 1 fully saturated rings. The maximum absolute atomic E-state index is 9.46. The first-order chi connectivity index (χ1) is 14.7. The van der Waals surface area contributed by atoms with Crippen LogP contribution in [-0.2, 0) is 6.42 Å². The molecule has 0 saturated carbocycles. The molecule has 0 aliphatic carbocycles. The van der Waals surface area contributed by atoms with E-state index >= 15 is 0 Å². The Morgan fingerprint density at radius 2 is 1.73 bits per heavy atom. The highest BCUT2D eigenvalue weighted by Gasteiger charge is 2.16. The van der Waals surface area contributed by atoms with Crippen LogP contribution in [0.15, 0.2) is 66.7 Å². The minimum absolute atomic E-state index is 0.489. The predicted octanol–water partition coefficient (Wildman–Crippen LogP) is 5.37. The fraction of sp³-hybridized carbons (Fsp3) is 0.222. The molecule has 0 bridgehead atoms. The van der Waals surface area contributed by atoms with Crippen molar-refractivity contribution in [2.75, 3.05) is 19.7 Å². The lowest BCUT2D eigenvalue weighted by atomic mass is 9.94. The number of nitriles is 1. The van der Waals surface area contributed by atoms with Gasteiger partial charge in [0.25, 0.3) is 0 Å². The molecule has 2 heterocycles. The van der Waals surface area contributed by atoms with E-state index in [1.54, 1.807) is 0 Å². The molecule has 3 aromatic rings. The van der Waals surface area contributed by atoms with E-state index in [2.05, 4.69) is 53.9 Å². The summed E-state index contributed by atoms with van der Waals surface area (Å²) in [7, 11) is 0. The van der Waals surface area contributed by atoms with Crippen molar-refractivity contribution in [1.82, 2.24) is 5.32 Å². The predicted molar refractivity (Wildman–Crippen MR) is 122 cm³/mol. The highest BCUT2D eigenvalue weighted by molar-refractivity contribution is 5.87. The molecule has 0 aromatic heterocycles. The fourth-order valence-electron chi connectivity index (χ4n) is 3.53. The summed E-state index contributed by atoms with van der Waals surface area (Å²) in [5, 5.41) is 12.6. The molecule has 1 N–H and O–H groups in total. The van der Waals surface area contributed by atoms with Crippen molar-refractivity contribution in [3.05, 3.63) is 100 Å². The van der Waals surface area contributed by atoms with Gasteiger partial charge in [-0.05, 0) is 85.0 Å². The van der Waals surface area contributed by atoms with Gasteiger partial charge in [-0.2, -0.15) is 5.26 Å². The maximum atomic E-state index is 9.46. The van der Waals surface area contributed by atoms with Crippen LogP contribution in [0, 0.1) is 18.3 Å². The monoisotopic (exact) mass is 394 g/mol. The third-order valence-corrected chi connectivity index (χ3v) is 5.39. The zero-order valence-electron chi connectivity index (χ0n) is 17.3. The van der Waals surface area contributed by atoms with Gasteiger partial charge in [0.05, 0.1) is 11.6 Å². The zero-order chi connectivity index (χ0) is 20.8. The van der Waals surface area contributed by atoms with Crippen LogP contribution in [-0.4, -0.2) is 19.7 Å². The Kier molecular flexibility index (Phi) is 6.27. The average molecular weight is 395 g/mol. The van der Waals surface area contributed by atoms with Gasteiger partial charge in [-0.3, -0.25) is 0 Å². The van der Waals surface area contributed by atoms with Crippen LogP contribution < -0.4 is 10.1 Å². The number of nitrogens with zero attached hydrogens (tertiary/aromatic N) is 1. The van der Waals surface area contributed by atoms with E-state index in [-0.39, 0.29) is 0 Å². The molecule has 2 aliphatic heterocycles. The molecule has 30 heavy (non-hydrogen) atoms. The largest absolute Gasteiger partial charge is 0.488 e. The topological polar surface area (TPSA) is 45.0 Å². The first-order valence-electron chi connectivity index (χ1n) is 10.4.